The third kappa shape index (κ3) is 7.46. The van der Waals surface area contributed by atoms with Crippen molar-refractivity contribution in [1.29, 1.82) is 0 Å². The van der Waals surface area contributed by atoms with Crippen molar-refractivity contribution in [3.05, 3.63) is 64.7 Å². The van der Waals surface area contributed by atoms with Crippen LogP contribution in [0.1, 0.15) is 50.3 Å². The summed E-state index contributed by atoms with van der Waals surface area (Å²) in [5.41, 5.74) is 2.01. The highest BCUT2D eigenvalue weighted by atomic mass is 35.5. The molecule has 2 aromatic carbocycles. The van der Waals surface area contributed by atoms with Crippen molar-refractivity contribution < 1.29 is 17.9 Å². The molecule has 0 spiro atoms. The molecule has 0 amide bonds. The molecule has 5 nitrogen and oxygen atoms in total. The summed E-state index contributed by atoms with van der Waals surface area (Å²) in [5, 5.41) is 0.491. The second-order valence-corrected chi connectivity index (χ2v) is 9.58. The molecule has 0 aliphatic heterocycles. The first-order valence-electron chi connectivity index (χ1n) is 9.65. The van der Waals surface area contributed by atoms with Crippen molar-refractivity contribution in [2.75, 3.05) is 7.11 Å². The van der Waals surface area contributed by atoms with Crippen LogP contribution in [0.4, 0.5) is 0 Å². The molecule has 29 heavy (non-hydrogen) atoms. The van der Waals surface area contributed by atoms with Gasteiger partial charge in [0.15, 0.2) is 0 Å². The molecule has 0 aliphatic rings. The minimum atomic E-state index is -3.67. The molecule has 0 bridgehead atoms. The predicted molar refractivity (Wildman–Crippen MR) is 115 cm³/mol. The Morgan fingerprint density at radius 1 is 1.07 bits per heavy atom. The Bertz CT molecular complexity index is 893. The summed E-state index contributed by atoms with van der Waals surface area (Å²) in [6.07, 6.45) is 2.54. The van der Waals surface area contributed by atoms with Crippen LogP contribution in [0.25, 0.3) is 0 Å². The number of carbonyl (C=O) groups excluding carboxylic acids is 1. The smallest absolute Gasteiger partial charge is 0.305 e. The van der Waals surface area contributed by atoms with E-state index >= 15 is 0 Å². The van der Waals surface area contributed by atoms with Gasteiger partial charge >= 0.3 is 5.97 Å². The normalized spacial score (nSPS) is 12.7. The number of halogens is 1. The van der Waals surface area contributed by atoms with Crippen LogP contribution in [0, 0.1) is 5.92 Å². The van der Waals surface area contributed by atoms with E-state index in [1.807, 2.05) is 24.3 Å². The van der Waals surface area contributed by atoms with E-state index in [9.17, 15) is 13.2 Å². The number of hydrogen-bond donors (Lipinski definition) is 1. The summed E-state index contributed by atoms with van der Waals surface area (Å²) < 4.78 is 33.1. The Balaban J connectivity index is 2.13. The highest BCUT2D eigenvalue weighted by molar-refractivity contribution is 7.89. The van der Waals surface area contributed by atoms with Crippen LogP contribution in [-0.2, 0) is 26.0 Å². The Morgan fingerprint density at radius 2 is 1.69 bits per heavy atom. The number of sulfonamides is 1. The molecule has 0 radical (unpaired) electrons. The molecule has 1 unspecified atom stereocenters. The number of nitrogens with one attached hydrogen (secondary N) is 1. The Labute approximate surface area is 178 Å². The van der Waals surface area contributed by atoms with Gasteiger partial charge in [0.2, 0.25) is 10.0 Å². The summed E-state index contributed by atoms with van der Waals surface area (Å²) in [5.74, 6) is 0.0999. The monoisotopic (exact) mass is 437 g/mol. The second-order valence-electron chi connectivity index (χ2n) is 7.43. The van der Waals surface area contributed by atoms with Gasteiger partial charge in [-0.25, -0.2) is 13.1 Å². The topological polar surface area (TPSA) is 72.5 Å². The number of hydrogen-bond acceptors (Lipinski definition) is 4. The van der Waals surface area contributed by atoms with E-state index in [0.717, 1.165) is 17.5 Å². The highest BCUT2D eigenvalue weighted by Gasteiger charge is 2.22. The van der Waals surface area contributed by atoms with Gasteiger partial charge < -0.3 is 4.74 Å². The zero-order valence-corrected chi connectivity index (χ0v) is 18.6. The van der Waals surface area contributed by atoms with Gasteiger partial charge in [-0.1, -0.05) is 49.7 Å². The number of methoxy groups -OCH3 is 1. The van der Waals surface area contributed by atoms with Gasteiger partial charge in [0.1, 0.15) is 0 Å². The van der Waals surface area contributed by atoms with E-state index in [4.69, 9.17) is 11.6 Å². The first-order valence-corrected chi connectivity index (χ1v) is 11.5. The fourth-order valence-electron chi connectivity index (χ4n) is 3.05. The molecule has 0 aliphatic carbocycles. The van der Waals surface area contributed by atoms with E-state index in [2.05, 4.69) is 23.3 Å². The quantitative estimate of drug-likeness (QED) is 0.536. The standard InChI is InChI=1S/C22H28ClNO4S/c1-16(2)15-21(24-29(26,27)20-13-11-19(23)12-14-20)18-9-7-17(8-10-18)5-4-6-22(25)28-3/h7-14,16,21,24H,4-6,15H2,1-3H3. The third-order valence-corrected chi connectivity index (χ3v) is 6.32. The highest BCUT2D eigenvalue weighted by Crippen LogP contribution is 2.25. The molecule has 158 valence electrons. The van der Waals surface area contributed by atoms with Crippen molar-refractivity contribution >= 4 is 27.6 Å². The van der Waals surface area contributed by atoms with Crippen LogP contribution < -0.4 is 4.72 Å². The van der Waals surface area contributed by atoms with Gasteiger partial charge in [-0.15, -0.1) is 0 Å². The molecule has 0 aromatic heterocycles. The molecule has 0 heterocycles. The molecule has 0 saturated carbocycles. The average Bonchev–Trinajstić information content (AvgIpc) is 2.67. The summed E-state index contributed by atoms with van der Waals surface area (Å²) in [7, 11) is -2.28. The second kappa shape index (κ2) is 10.8. The lowest BCUT2D eigenvalue weighted by Crippen LogP contribution is -2.29. The average molecular weight is 438 g/mol. The Kier molecular flexibility index (Phi) is 8.68. The van der Waals surface area contributed by atoms with Gasteiger partial charge in [-0.3, -0.25) is 4.79 Å². The molecule has 1 N–H and O–H groups in total. The van der Waals surface area contributed by atoms with Crippen LogP contribution in [0.3, 0.4) is 0 Å². The van der Waals surface area contributed by atoms with Crippen LogP contribution in [0.5, 0.6) is 0 Å². The van der Waals surface area contributed by atoms with Gasteiger partial charge in [0.05, 0.1) is 12.0 Å². The first kappa shape index (κ1) is 23.4. The molecule has 0 fully saturated rings. The number of carbonyl (C=O) groups is 1. The van der Waals surface area contributed by atoms with Crippen LogP contribution in [-0.4, -0.2) is 21.5 Å². The van der Waals surface area contributed by atoms with Crippen molar-refractivity contribution in [2.24, 2.45) is 5.92 Å². The largest absolute Gasteiger partial charge is 0.469 e. The molecule has 2 aromatic rings. The molecular weight excluding hydrogens is 410 g/mol. The number of aryl methyl sites for hydroxylation is 1. The van der Waals surface area contributed by atoms with E-state index in [1.165, 1.54) is 19.2 Å². The van der Waals surface area contributed by atoms with E-state index < -0.39 is 10.0 Å². The fourth-order valence-corrected chi connectivity index (χ4v) is 4.41. The summed E-state index contributed by atoms with van der Waals surface area (Å²) in [6, 6.07) is 13.7. The number of rotatable bonds is 10. The predicted octanol–water partition coefficient (Wildman–Crippen LogP) is 4.90. The maximum Gasteiger partial charge on any atom is 0.305 e. The van der Waals surface area contributed by atoms with E-state index in [1.54, 1.807) is 12.1 Å². The molecule has 0 saturated heterocycles. The van der Waals surface area contributed by atoms with Crippen LogP contribution >= 0.6 is 11.6 Å². The van der Waals surface area contributed by atoms with Gasteiger partial charge in [-0.2, -0.15) is 0 Å². The summed E-state index contributed by atoms with van der Waals surface area (Å²) in [4.78, 5) is 11.4. The minimum Gasteiger partial charge on any atom is -0.469 e. The first-order chi connectivity index (χ1) is 13.7. The maximum atomic E-state index is 12.8. The lowest BCUT2D eigenvalue weighted by atomic mass is 9.96. The van der Waals surface area contributed by atoms with Crippen LogP contribution in [0.15, 0.2) is 53.4 Å². The van der Waals surface area contributed by atoms with Gasteiger partial charge in [0.25, 0.3) is 0 Å². The molecule has 1 atom stereocenters. The number of benzene rings is 2. The lowest BCUT2D eigenvalue weighted by Gasteiger charge is -2.21. The van der Waals surface area contributed by atoms with Crippen molar-refractivity contribution in [3.8, 4) is 0 Å². The van der Waals surface area contributed by atoms with Crippen molar-refractivity contribution in [2.45, 2.75) is 50.5 Å². The summed E-state index contributed by atoms with van der Waals surface area (Å²) >= 11 is 5.87. The van der Waals surface area contributed by atoms with E-state index in [-0.39, 0.29) is 16.9 Å². The fraction of sp³-hybridized carbons (Fsp3) is 0.409. The van der Waals surface area contributed by atoms with Gasteiger partial charge in [-0.05, 0) is 60.6 Å². The van der Waals surface area contributed by atoms with Crippen molar-refractivity contribution in [1.82, 2.24) is 4.72 Å². The van der Waals surface area contributed by atoms with Crippen molar-refractivity contribution in [3.63, 3.8) is 0 Å². The SMILES string of the molecule is COC(=O)CCCc1ccc(C(CC(C)C)NS(=O)(=O)c2ccc(Cl)cc2)cc1. The zero-order chi connectivity index (χ0) is 21.4. The molecule has 7 heteroatoms. The van der Waals surface area contributed by atoms with E-state index in [0.29, 0.717) is 30.2 Å². The lowest BCUT2D eigenvalue weighted by molar-refractivity contribution is -0.140. The number of ether oxygens (including phenoxy) is 1. The number of esters is 1. The summed E-state index contributed by atoms with van der Waals surface area (Å²) in [6.45, 7) is 4.12. The Morgan fingerprint density at radius 3 is 2.24 bits per heavy atom. The Hall–Kier alpha value is -1.89. The van der Waals surface area contributed by atoms with Crippen LogP contribution in [0.2, 0.25) is 5.02 Å². The zero-order valence-electron chi connectivity index (χ0n) is 17.0. The van der Waals surface area contributed by atoms with Gasteiger partial charge in [0, 0.05) is 17.5 Å². The maximum absolute atomic E-state index is 12.8. The molecular formula is C22H28ClNO4S. The minimum absolute atomic E-state index is 0.190. The molecule has 2 rings (SSSR count). The third-order valence-electron chi connectivity index (χ3n) is 4.58.